The minimum absolute atomic E-state index is 0.0781. The van der Waals surface area contributed by atoms with Gasteiger partial charge in [-0.15, -0.1) is 11.3 Å². The van der Waals surface area contributed by atoms with Gasteiger partial charge in [-0.25, -0.2) is 13.4 Å². The third kappa shape index (κ3) is 3.96. The Hall–Kier alpha value is -1.44. The van der Waals surface area contributed by atoms with Crippen LogP contribution in [0.15, 0.2) is 29.2 Å². The number of amides is 1. The largest absolute Gasteiger partial charge is 0.301 e. The van der Waals surface area contributed by atoms with Gasteiger partial charge >= 0.3 is 0 Å². The van der Waals surface area contributed by atoms with E-state index in [9.17, 15) is 13.2 Å². The maximum atomic E-state index is 12.3. The maximum absolute atomic E-state index is 12.3. The van der Waals surface area contributed by atoms with Gasteiger partial charge in [0, 0.05) is 9.90 Å². The Balaban J connectivity index is 1.68. The molecule has 0 saturated carbocycles. The molecule has 1 amide bonds. The first kappa shape index (κ1) is 17.4. The highest BCUT2D eigenvalue weighted by molar-refractivity contribution is 7.92. The summed E-state index contributed by atoms with van der Waals surface area (Å²) < 4.78 is 24.5. The van der Waals surface area contributed by atoms with Crippen LogP contribution in [0.4, 0.5) is 5.13 Å². The Morgan fingerprint density at radius 1 is 1.38 bits per heavy atom. The van der Waals surface area contributed by atoms with Gasteiger partial charge in [0.25, 0.3) is 0 Å². The summed E-state index contributed by atoms with van der Waals surface area (Å²) in [6, 6.07) is 5.77. The lowest BCUT2D eigenvalue weighted by atomic mass is 9.93. The van der Waals surface area contributed by atoms with Crippen LogP contribution in [0.25, 0.3) is 0 Å². The number of anilines is 1. The molecule has 0 unspecified atom stereocenters. The fourth-order valence-corrected chi connectivity index (χ4v) is 5.09. The number of aromatic nitrogens is 1. The van der Waals surface area contributed by atoms with Crippen LogP contribution in [0.1, 0.15) is 23.9 Å². The number of carbonyl (C=O) groups is 1. The van der Waals surface area contributed by atoms with Gasteiger partial charge in [0.15, 0.2) is 15.0 Å². The minimum atomic E-state index is -3.70. The number of nitrogens with zero attached hydrogens (tertiary/aromatic N) is 1. The van der Waals surface area contributed by atoms with Gasteiger partial charge in [-0.05, 0) is 49.4 Å². The average Bonchev–Trinajstić information content (AvgIpc) is 2.88. The van der Waals surface area contributed by atoms with Gasteiger partial charge in [0.1, 0.15) is 5.75 Å². The summed E-state index contributed by atoms with van der Waals surface area (Å²) in [4.78, 5) is 17.8. The van der Waals surface area contributed by atoms with Crippen molar-refractivity contribution in [3.05, 3.63) is 39.9 Å². The van der Waals surface area contributed by atoms with Crippen molar-refractivity contribution >= 4 is 43.8 Å². The number of hydrogen-bond donors (Lipinski definition) is 1. The topological polar surface area (TPSA) is 76.1 Å². The summed E-state index contributed by atoms with van der Waals surface area (Å²) >= 11 is 7.19. The lowest BCUT2D eigenvalue weighted by Crippen LogP contribution is -2.23. The van der Waals surface area contributed by atoms with Crippen molar-refractivity contribution in [2.75, 3.05) is 11.1 Å². The maximum Gasteiger partial charge on any atom is 0.241 e. The number of benzene rings is 1. The Kier molecular flexibility index (Phi) is 4.94. The van der Waals surface area contributed by atoms with Crippen molar-refractivity contribution < 1.29 is 13.2 Å². The molecule has 1 aliphatic rings. The highest BCUT2D eigenvalue weighted by Gasteiger charge is 2.23. The molecule has 5 nitrogen and oxygen atoms in total. The number of sulfone groups is 1. The molecule has 0 radical (unpaired) electrons. The SMILES string of the molecule is C[C@@H]1CCc2nc(NC(=O)CS(=O)(=O)c3ccc(Cl)cc3)sc2C1. The molecule has 0 spiro atoms. The number of halogens is 1. The highest BCUT2D eigenvalue weighted by atomic mass is 35.5. The molecule has 0 fully saturated rings. The van der Waals surface area contributed by atoms with Gasteiger partial charge in [0.2, 0.25) is 5.91 Å². The van der Waals surface area contributed by atoms with Gasteiger partial charge < -0.3 is 5.32 Å². The number of aryl methyl sites for hydroxylation is 1. The fourth-order valence-electron chi connectivity index (χ4n) is 2.65. The Morgan fingerprint density at radius 2 is 2.08 bits per heavy atom. The Bertz CT molecular complexity index is 860. The zero-order valence-corrected chi connectivity index (χ0v) is 15.5. The van der Waals surface area contributed by atoms with Crippen molar-refractivity contribution in [1.29, 1.82) is 0 Å². The molecule has 24 heavy (non-hydrogen) atoms. The fraction of sp³-hybridized carbons (Fsp3) is 0.375. The number of rotatable bonds is 4. The number of hydrogen-bond acceptors (Lipinski definition) is 5. The Morgan fingerprint density at radius 3 is 2.79 bits per heavy atom. The first-order valence-electron chi connectivity index (χ1n) is 7.60. The summed E-state index contributed by atoms with van der Waals surface area (Å²) in [5, 5.41) is 3.54. The summed E-state index contributed by atoms with van der Waals surface area (Å²) in [5.74, 6) is -0.578. The lowest BCUT2D eigenvalue weighted by Gasteiger charge is -2.15. The zero-order valence-electron chi connectivity index (χ0n) is 13.1. The normalized spacial score (nSPS) is 17.3. The molecule has 1 aromatic heterocycles. The highest BCUT2D eigenvalue weighted by Crippen LogP contribution is 2.32. The molecule has 0 aliphatic heterocycles. The summed E-state index contributed by atoms with van der Waals surface area (Å²) in [6.07, 6.45) is 2.97. The zero-order chi connectivity index (χ0) is 17.3. The number of thiazole rings is 1. The van der Waals surface area contributed by atoms with E-state index in [0.29, 0.717) is 16.1 Å². The van der Waals surface area contributed by atoms with Crippen molar-refractivity contribution in [2.24, 2.45) is 5.92 Å². The van der Waals surface area contributed by atoms with Crippen LogP contribution in [0, 0.1) is 5.92 Å². The number of carbonyl (C=O) groups excluding carboxylic acids is 1. The lowest BCUT2D eigenvalue weighted by molar-refractivity contribution is -0.113. The predicted molar refractivity (Wildman–Crippen MR) is 95.4 cm³/mol. The second-order valence-electron chi connectivity index (χ2n) is 6.00. The van der Waals surface area contributed by atoms with Gasteiger partial charge in [-0.3, -0.25) is 4.79 Å². The van der Waals surface area contributed by atoms with Crippen molar-refractivity contribution in [2.45, 2.75) is 31.1 Å². The van der Waals surface area contributed by atoms with Crippen LogP contribution in [0.5, 0.6) is 0 Å². The van der Waals surface area contributed by atoms with Crippen LogP contribution in [-0.2, 0) is 27.5 Å². The monoisotopic (exact) mass is 384 g/mol. The van der Waals surface area contributed by atoms with E-state index in [1.54, 1.807) is 0 Å². The van der Waals surface area contributed by atoms with Crippen LogP contribution in [-0.4, -0.2) is 25.1 Å². The van der Waals surface area contributed by atoms with Crippen LogP contribution in [0.3, 0.4) is 0 Å². The molecule has 0 bridgehead atoms. The van der Waals surface area contributed by atoms with E-state index >= 15 is 0 Å². The second kappa shape index (κ2) is 6.82. The van der Waals surface area contributed by atoms with Crippen LogP contribution < -0.4 is 5.32 Å². The van der Waals surface area contributed by atoms with Gasteiger partial charge in [0.05, 0.1) is 10.6 Å². The first-order chi connectivity index (χ1) is 11.3. The molecule has 1 heterocycles. The van der Waals surface area contributed by atoms with E-state index in [1.165, 1.54) is 40.5 Å². The van der Waals surface area contributed by atoms with Crippen molar-refractivity contribution in [3.8, 4) is 0 Å². The molecular formula is C16H17ClN2O3S2. The molecule has 8 heteroatoms. The second-order valence-corrected chi connectivity index (χ2v) is 9.51. The third-order valence-electron chi connectivity index (χ3n) is 3.93. The van der Waals surface area contributed by atoms with Crippen LogP contribution in [0.2, 0.25) is 5.02 Å². The Labute approximate surface area is 150 Å². The summed E-state index contributed by atoms with van der Waals surface area (Å²) in [5.41, 5.74) is 1.02. The molecule has 3 rings (SSSR count). The smallest absolute Gasteiger partial charge is 0.241 e. The van der Waals surface area contributed by atoms with Gasteiger partial charge in [-0.1, -0.05) is 18.5 Å². The molecule has 1 atom stereocenters. The van der Waals surface area contributed by atoms with E-state index in [0.717, 1.165) is 25.0 Å². The molecule has 1 N–H and O–H groups in total. The third-order valence-corrected chi connectivity index (χ3v) is 6.85. The number of nitrogens with one attached hydrogen (secondary N) is 1. The molecule has 1 aliphatic carbocycles. The number of fused-ring (bicyclic) bond motifs is 1. The molecule has 1 aromatic carbocycles. The van der Waals surface area contributed by atoms with Crippen molar-refractivity contribution in [1.82, 2.24) is 4.98 Å². The molecule has 2 aromatic rings. The van der Waals surface area contributed by atoms with Gasteiger partial charge in [-0.2, -0.15) is 0 Å². The van der Waals surface area contributed by atoms with E-state index in [1.807, 2.05) is 0 Å². The van der Waals surface area contributed by atoms with E-state index < -0.39 is 21.5 Å². The summed E-state index contributed by atoms with van der Waals surface area (Å²) in [6.45, 7) is 2.19. The minimum Gasteiger partial charge on any atom is -0.301 e. The molecule has 0 saturated heterocycles. The van der Waals surface area contributed by atoms with Crippen LogP contribution >= 0.6 is 22.9 Å². The standard InChI is InChI=1S/C16H17ClN2O3S2/c1-10-2-7-13-14(8-10)23-16(18-13)19-15(20)9-24(21,22)12-5-3-11(17)4-6-12/h3-6,10H,2,7-9H2,1H3,(H,18,19,20)/t10-/m1/s1. The molecule has 128 valence electrons. The van der Waals surface area contributed by atoms with E-state index in [4.69, 9.17) is 11.6 Å². The first-order valence-corrected chi connectivity index (χ1v) is 10.4. The average molecular weight is 385 g/mol. The summed E-state index contributed by atoms with van der Waals surface area (Å²) in [7, 11) is -3.70. The van der Waals surface area contributed by atoms with E-state index in [-0.39, 0.29) is 4.90 Å². The van der Waals surface area contributed by atoms with E-state index in [2.05, 4.69) is 17.2 Å². The van der Waals surface area contributed by atoms with Crippen molar-refractivity contribution in [3.63, 3.8) is 0 Å². The quantitative estimate of drug-likeness (QED) is 0.877. The molecular weight excluding hydrogens is 368 g/mol. The predicted octanol–water partition coefficient (Wildman–Crippen LogP) is 3.33.